The highest BCUT2D eigenvalue weighted by molar-refractivity contribution is 5.92. The number of benzene rings is 3. The van der Waals surface area contributed by atoms with Gasteiger partial charge in [-0.25, -0.2) is 4.79 Å². The second-order valence-corrected chi connectivity index (χ2v) is 11.2. The van der Waals surface area contributed by atoms with E-state index in [1.54, 1.807) is 32.9 Å². The van der Waals surface area contributed by atoms with Crippen molar-refractivity contribution in [2.45, 2.75) is 65.3 Å². The lowest BCUT2D eigenvalue weighted by Gasteiger charge is -2.33. The molecule has 0 aliphatic rings. The van der Waals surface area contributed by atoms with Gasteiger partial charge >= 0.3 is 6.09 Å². The van der Waals surface area contributed by atoms with Gasteiger partial charge in [0, 0.05) is 13.0 Å². The number of alkyl carbamates (subject to hydrolysis) is 1. The van der Waals surface area contributed by atoms with Gasteiger partial charge < -0.3 is 25.4 Å². The number of rotatable bonds is 10. The van der Waals surface area contributed by atoms with Crippen LogP contribution in [0.1, 0.15) is 54.6 Å². The summed E-state index contributed by atoms with van der Waals surface area (Å²) < 4.78 is 5.42. The van der Waals surface area contributed by atoms with Crippen LogP contribution in [0.25, 0.3) is 0 Å². The summed E-state index contributed by atoms with van der Waals surface area (Å²) >= 11 is 0. The molecule has 0 aliphatic carbocycles. The van der Waals surface area contributed by atoms with E-state index in [9.17, 15) is 24.8 Å². The van der Waals surface area contributed by atoms with Crippen LogP contribution < -0.4 is 10.6 Å². The molecule has 3 amide bonds. The minimum Gasteiger partial charge on any atom is -0.508 e. The van der Waals surface area contributed by atoms with Gasteiger partial charge in [-0.15, -0.1) is 0 Å². The first-order valence-corrected chi connectivity index (χ1v) is 13.7. The van der Waals surface area contributed by atoms with E-state index in [0.29, 0.717) is 11.1 Å². The predicted molar refractivity (Wildman–Crippen MR) is 159 cm³/mol. The van der Waals surface area contributed by atoms with Crippen molar-refractivity contribution in [2.75, 3.05) is 6.54 Å². The number of hydrogen-bond acceptors (Lipinski definition) is 6. The molecule has 0 radical (unpaired) electrons. The maximum Gasteiger partial charge on any atom is 0.408 e. The van der Waals surface area contributed by atoms with Crippen molar-refractivity contribution >= 4 is 17.9 Å². The number of phenols is 1. The number of nitrogens with one attached hydrogen (secondary N) is 2. The first kappa shape index (κ1) is 31.7. The predicted octanol–water partition coefficient (Wildman–Crippen LogP) is 4.85. The molecule has 220 valence electrons. The van der Waals surface area contributed by atoms with Crippen LogP contribution in [0.2, 0.25) is 0 Å². The molecular weight excluding hydrogens is 532 g/mol. The fourth-order valence-electron chi connectivity index (χ4n) is 4.61. The Bertz CT molecular complexity index is 1410. The number of phenolic OH excluding ortho intramolecular Hbond substituents is 1. The summed E-state index contributed by atoms with van der Waals surface area (Å²) in [6, 6.07) is 20.9. The van der Waals surface area contributed by atoms with Crippen LogP contribution >= 0.6 is 0 Å². The van der Waals surface area contributed by atoms with Crippen molar-refractivity contribution in [1.29, 1.82) is 5.26 Å². The third kappa shape index (κ3) is 9.37. The number of nitrogens with zero attached hydrogens (tertiary/aromatic N) is 2. The van der Waals surface area contributed by atoms with Crippen LogP contribution in [-0.4, -0.2) is 46.1 Å². The zero-order valence-electron chi connectivity index (χ0n) is 24.7. The van der Waals surface area contributed by atoms with E-state index >= 15 is 0 Å². The van der Waals surface area contributed by atoms with E-state index in [0.717, 1.165) is 16.7 Å². The third-order valence-electron chi connectivity index (χ3n) is 6.32. The Morgan fingerprint density at radius 2 is 1.57 bits per heavy atom. The maximum atomic E-state index is 14.2. The summed E-state index contributed by atoms with van der Waals surface area (Å²) in [5.74, 6) is -1.04. The topological polar surface area (TPSA) is 132 Å². The van der Waals surface area contributed by atoms with Crippen molar-refractivity contribution < 1.29 is 24.2 Å². The molecule has 0 spiro atoms. The van der Waals surface area contributed by atoms with Crippen LogP contribution in [0.5, 0.6) is 5.75 Å². The number of carbonyl (C=O) groups excluding carboxylic acids is 3. The largest absolute Gasteiger partial charge is 0.508 e. The van der Waals surface area contributed by atoms with Crippen LogP contribution in [-0.2, 0) is 27.3 Å². The van der Waals surface area contributed by atoms with Crippen molar-refractivity contribution in [3.8, 4) is 11.8 Å². The number of carbonyl (C=O) groups is 3. The molecular formula is C33H38N4O5. The number of aromatic hydroxyl groups is 1. The molecule has 0 bridgehead atoms. The Morgan fingerprint density at radius 1 is 0.952 bits per heavy atom. The molecule has 0 heterocycles. The molecule has 9 nitrogen and oxygen atoms in total. The first-order valence-electron chi connectivity index (χ1n) is 13.7. The van der Waals surface area contributed by atoms with E-state index in [4.69, 9.17) is 4.74 Å². The van der Waals surface area contributed by atoms with Crippen LogP contribution in [0.3, 0.4) is 0 Å². The van der Waals surface area contributed by atoms with Gasteiger partial charge in [0.2, 0.25) is 11.8 Å². The normalized spacial score (nSPS) is 12.4. The van der Waals surface area contributed by atoms with Crippen molar-refractivity contribution in [3.05, 3.63) is 101 Å². The molecule has 3 N–H and O–H groups in total. The monoisotopic (exact) mass is 570 g/mol. The summed E-state index contributed by atoms with van der Waals surface area (Å²) in [4.78, 5) is 42.1. The van der Waals surface area contributed by atoms with Gasteiger partial charge in [-0.05, 0) is 63.4 Å². The Balaban J connectivity index is 2.03. The molecule has 0 fully saturated rings. The number of hydrogen-bond donors (Lipinski definition) is 3. The summed E-state index contributed by atoms with van der Waals surface area (Å²) in [6.45, 7) is 8.72. The molecule has 3 aromatic rings. The molecule has 3 aromatic carbocycles. The Morgan fingerprint density at radius 3 is 2.14 bits per heavy atom. The fourth-order valence-corrected chi connectivity index (χ4v) is 4.61. The Hall–Kier alpha value is -4.84. The molecule has 0 aromatic heterocycles. The highest BCUT2D eigenvalue weighted by Gasteiger charge is 2.36. The molecule has 0 saturated heterocycles. The lowest BCUT2D eigenvalue weighted by atomic mass is 9.97. The smallest absolute Gasteiger partial charge is 0.408 e. The molecule has 9 heteroatoms. The third-order valence-corrected chi connectivity index (χ3v) is 6.32. The summed E-state index contributed by atoms with van der Waals surface area (Å²) in [5.41, 5.74) is 3.03. The van der Waals surface area contributed by atoms with Gasteiger partial charge in [0.05, 0.1) is 6.07 Å². The average molecular weight is 571 g/mol. The van der Waals surface area contributed by atoms with Crippen LogP contribution in [0, 0.1) is 25.2 Å². The maximum absolute atomic E-state index is 14.2. The molecule has 3 rings (SSSR count). The standard InChI is InChI=1S/C33H38N4O5/c1-22-17-23(2)19-26(18-22)29(30(39)35-21-25-9-7-6-8-10-25)37(16-15-34)31(40)28(36-32(41)42-33(3,4)5)20-24-11-13-27(38)14-12-24/h6-14,17-19,28-29,38H,16,20-21H2,1-5H3,(H,35,39)(H,36,41). The van der Waals surface area contributed by atoms with Gasteiger partial charge in [0.1, 0.15) is 30.0 Å². The first-order chi connectivity index (χ1) is 19.9. The number of ether oxygens (including phenoxy) is 1. The zero-order valence-corrected chi connectivity index (χ0v) is 24.7. The second kappa shape index (κ2) is 14.2. The van der Waals surface area contributed by atoms with E-state index in [2.05, 4.69) is 10.6 Å². The minimum atomic E-state index is -1.17. The zero-order chi connectivity index (χ0) is 30.9. The van der Waals surface area contributed by atoms with Crippen molar-refractivity contribution in [2.24, 2.45) is 0 Å². The molecule has 0 aliphatic heterocycles. The van der Waals surface area contributed by atoms with Gasteiger partial charge in [-0.2, -0.15) is 5.26 Å². The fraction of sp³-hybridized carbons (Fsp3) is 0.333. The van der Waals surface area contributed by atoms with E-state index in [1.807, 2.05) is 68.4 Å². The second-order valence-electron chi connectivity index (χ2n) is 11.2. The summed E-state index contributed by atoms with van der Waals surface area (Å²) in [7, 11) is 0. The summed E-state index contributed by atoms with van der Waals surface area (Å²) in [5, 5.41) is 25.1. The average Bonchev–Trinajstić information content (AvgIpc) is 2.91. The SMILES string of the molecule is Cc1cc(C)cc(C(C(=O)NCc2ccccc2)N(CC#N)C(=O)C(Cc2ccc(O)cc2)NC(=O)OC(C)(C)C)c1. The van der Waals surface area contributed by atoms with Crippen LogP contribution in [0.4, 0.5) is 4.79 Å². The Kier molecular flexibility index (Phi) is 10.7. The van der Waals surface area contributed by atoms with Gasteiger partial charge in [0.25, 0.3) is 0 Å². The quantitative estimate of drug-likeness (QED) is 0.299. The summed E-state index contributed by atoms with van der Waals surface area (Å²) in [6.07, 6.45) is -0.779. The van der Waals surface area contributed by atoms with E-state index in [-0.39, 0.29) is 18.7 Å². The lowest BCUT2D eigenvalue weighted by Crippen LogP contribution is -2.54. The lowest BCUT2D eigenvalue weighted by molar-refractivity contribution is -0.141. The Labute approximate surface area is 247 Å². The molecule has 2 unspecified atom stereocenters. The highest BCUT2D eigenvalue weighted by atomic mass is 16.6. The van der Waals surface area contributed by atoms with E-state index in [1.165, 1.54) is 17.0 Å². The number of aryl methyl sites for hydroxylation is 2. The highest BCUT2D eigenvalue weighted by Crippen LogP contribution is 2.26. The minimum absolute atomic E-state index is 0.0332. The van der Waals surface area contributed by atoms with Gasteiger partial charge in [0.15, 0.2) is 0 Å². The van der Waals surface area contributed by atoms with E-state index < -0.39 is 42.1 Å². The van der Waals surface area contributed by atoms with Gasteiger partial charge in [-0.3, -0.25) is 9.59 Å². The molecule has 2 atom stereocenters. The van der Waals surface area contributed by atoms with Crippen molar-refractivity contribution in [1.82, 2.24) is 15.5 Å². The molecule has 0 saturated carbocycles. The molecule has 42 heavy (non-hydrogen) atoms. The number of amides is 3. The number of nitriles is 1. The van der Waals surface area contributed by atoms with Crippen molar-refractivity contribution in [3.63, 3.8) is 0 Å². The van der Waals surface area contributed by atoms with Gasteiger partial charge in [-0.1, -0.05) is 71.8 Å². The van der Waals surface area contributed by atoms with Crippen LogP contribution in [0.15, 0.2) is 72.8 Å².